The molecule has 65 valence electrons. The van der Waals surface area contributed by atoms with Gasteiger partial charge >= 0.3 is 0 Å². The Morgan fingerprint density at radius 3 is 3.25 bits per heavy atom. The summed E-state index contributed by atoms with van der Waals surface area (Å²) in [7, 11) is 0. The van der Waals surface area contributed by atoms with Crippen LogP contribution in [-0.2, 0) is 0 Å². The lowest BCUT2D eigenvalue weighted by atomic mass is 10.2. The molecule has 0 spiro atoms. The Morgan fingerprint density at radius 1 is 1.58 bits per heavy atom. The van der Waals surface area contributed by atoms with Crippen LogP contribution < -0.4 is 10.6 Å². The Labute approximate surface area is 77.5 Å². The highest BCUT2D eigenvalue weighted by molar-refractivity contribution is 7.99. The Kier molecular flexibility index (Phi) is 2.74. The third kappa shape index (κ3) is 1.84. The maximum absolute atomic E-state index is 3.47. The normalized spacial score (nSPS) is 29.3. The van der Waals surface area contributed by atoms with Crippen LogP contribution >= 0.6 is 11.8 Å². The van der Waals surface area contributed by atoms with Gasteiger partial charge in [0.1, 0.15) is 0 Å². The molecule has 0 saturated carbocycles. The van der Waals surface area contributed by atoms with Gasteiger partial charge in [-0.25, -0.2) is 0 Å². The predicted molar refractivity (Wildman–Crippen MR) is 53.0 cm³/mol. The molecule has 0 amide bonds. The van der Waals surface area contributed by atoms with Gasteiger partial charge in [0, 0.05) is 36.4 Å². The summed E-state index contributed by atoms with van der Waals surface area (Å²) in [5.41, 5.74) is 1.23. The molecule has 2 heterocycles. The minimum absolute atomic E-state index is 0.494. The van der Waals surface area contributed by atoms with E-state index in [-0.39, 0.29) is 0 Å². The third-order valence-corrected chi connectivity index (χ3v) is 3.10. The van der Waals surface area contributed by atoms with Crippen LogP contribution in [0.5, 0.6) is 0 Å². The zero-order valence-corrected chi connectivity index (χ0v) is 7.79. The molecule has 1 atom stereocenters. The molecule has 0 aromatic rings. The van der Waals surface area contributed by atoms with E-state index < -0.39 is 0 Å². The fourth-order valence-electron chi connectivity index (χ4n) is 1.40. The Morgan fingerprint density at radius 2 is 2.58 bits per heavy atom. The summed E-state index contributed by atoms with van der Waals surface area (Å²) in [4.78, 5) is 0. The number of thioether (sulfide) groups is 1. The molecular weight excluding hydrogens is 168 g/mol. The Balaban J connectivity index is 1.97. The standard InChI is InChI=1S/C9H13N2S/c1-2-4-10-8(3-1)9-7-12-6-5-11-9/h1-2,9-11H,4-7H2. The fraction of sp³-hybridized carbons (Fsp3) is 0.556. The summed E-state index contributed by atoms with van der Waals surface area (Å²) in [6, 6.07) is 0.494. The number of hydrogen-bond acceptors (Lipinski definition) is 3. The van der Waals surface area contributed by atoms with E-state index in [2.05, 4.69) is 22.8 Å². The van der Waals surface area contributed by atoms with E-state index >= 15 is 0 Å². The zero-order valence-electron chi connectivity index (χ0n) is 6.97. The van der Waals surface area contributed by atoms with Crippen molar-refractivity contribution in [3.8, 4) is 0 Å². The Hall–Kier alpha value is -0.410. The second-order valence-electron chi connectivity index (χ2n) is 2.92. The maximum atomic E-state index is 3.47. The van der Waals surface area contributed by atoms with E-state index in [1.165, 1.54) is 17.2 Å². The monoisotopic (exact) mass is 181 g/mol. The maximum Gasteiger partial charge on any atom is 0.0568 e. The summed E-state index contributed by atoms with van der Waals surface area (Å²) in [6.45, 7) is 2.07. The highest BCUT2D eigenvalue weighted by atomic mass is 32.2. The van der Waals surface area contributed by atoms with Crippen molar-refractivity contribution in [3.63, 3.8) is 0 Å². The summed E-state index contributed by atoms with van der Waals surface area (Å²) in [5, 5.41) is 6.80. The smallest absolute Gasteiger partial charge is 0.0568 e. The fourth-order valence-corrected chi connectivity index (χ4v) is 2.35. The summed E-state index contributed by atoms with van der Waals surface area (Å²) >= 11 is 2.01. The van der Waals surface area contributed by atoms with Crippen molar-refractivity contribution in [2.45, 2.75) is 6.04 Å². The molecule has 12 heavy (non-hydrogen) atoms. The van der Waals surface area contributed by atoms with Gasteiger partial charge < -0.3 is 10.6 Å². The highest BCUT2D eigenvalue weighted by Crippen LogP contribution is 2.13. The summed E-state index contributed by atoms with van der Waals surface area (Å²) in [6.07, 6.45) is 7.33. The third-order valence-electron chi connectivity index (χ3n) is 2.04. The zero-order chi connectivity index (χ0) is 8.23. The molecular formula is C9H13N2S. The van der Waals surface area contributed by atoms with E-state index in [1.807, 2.05) is 17.8 Å². The van der Waals surface area contributed by atoms with Crippen molar-refractivity contribution < 1.29 is 0 Å². The van der Waals surface area contributed by atoms with E-state index in [9.17, 15) is 0 Å². The minimum Gasteiger partial charge on any atom is -0.383 e. The number of nitrogens with one attached hydrogen (secondary N) is 2. The first kappa shape index (κ1) is 8.20. The van der Waals surface area contributed by atoms with Crippen LogP contribution in [0, 0.1) is 6.08 Å². The van der Waals surface area contributed by atoms with Gasteiger partial charge in [0.25, 0.3) is 0 Å². The summed E-state index contributed by atoms with van der Waals surface area (Å²) < 4.78 is 0. The topological polar surface area (TPSA) is 24.1 Å². The van der Waals surface area contributed by atoms with Crippen molar-refractivity contribution in [2.75, 3.05) is 24.6 Å². The number of allylic oxidation sites excluding steroid dienone is 2. The first-order valence-electron chi connectivity index (χ1n) is 4.30. The van der Waals surface area contributed by atoms with E-state index in [4.69, 9.17) is 0 Å². The predicted octanol–water partition coefficient (Wildman–Crippen LogP) is 0.538. The van der Waals surface area contributed by atoms with E-state index in [0.717, 1.165) is 13.1 Å². The molecule has 0 aromatic carbocycles. The van der Waals surface area contributed by atoms with Gasteiger partial charge in [-0.3, -0.25) is 0 Å². The first-order chi connectivity index (χ1) is 5.97. The van der Waals surface area contributed by atoms with E-state index in [0.29, 0.717) is 6.04 Å². The van der Waals surface area contributed by atoms with Crippen molar-refractivity contribution in [1.29, 1.82) is 0 Å². The molecule has 1 radical (unpaired) electrons. The van der Waals surface area contributed by atoms with Crippen LogP contribution in [0.2, 0.25) is 0 Å². The van der Waals surface area contributed by atoms with Gasteiger partial charge in [-0.15, -0.1) is 0 Å². The summed E-state index contributed by atoms with van der Waals surface area (Å²) in [5.74, 6) is 2.41. The van der Waals surface area contributed by atoms with Crippen LogP contribution in [0.3, 0.4) is 0 Å². The van der Waals surface area contributed by atoms with Crippen LogP contribution in [0.4, 0.5) is 0 Å². The van der Waals surface area contributed by atoms with Gasteiger partial charge in [0.15, 0.2) is 0 Å². The highest BCUT2D eigenvalue weighted by Gasteiger charge is 2.17. The molecule has 2 rings (SSSR count). The molecule has 2 aliphatic rings. The van der Waals surface area contributed by atoms with Crippen molar-refractivity contribution >= 4 is 11.8 Å². The first-order valence-corrected chi connectivity index (χ1v) is 5.46. The second-order valence-corrected chi connectivity index (χ2v) is 4.07. The largest absolute Gasteiger partial charge is 0.383 e. The van der Waals surface area contributed by atoms with E-state index in [1.54, 1.807) is 0 Å². The van der Waals surface area contributed by atoms with Gasteiger partial charge in [0.2, 0.25) is 0 Å². The van der Waals surface area contributed by atoms with Crippen LogP contribution in [0.15, 0.2) is 17.8 Å². The van der Waals surface area contributed by atoms with Crippen LogP contribution in [0.25, 0.3) is 0 Å². The van der Waals surface area contributed by atoms with Crippen LogP contribution in [0.1, 0.15) is 0 Å². The second kappa shape index (κ2) is 4.01. The molecule has 0 aromatic heterocycles. The number of rotatable bonds is 1. The quantitative estimate of drug-likeness (QED) is 0.617. The molecule has 0 aliphatic carbocycles. The van der Waals surface area contributed by atoms with Gasteiger partial charge in [-0.05, 0) is 0 Å². The molecule has 2 N–H and O–H groups in total. The molecule has 2 aliphatic heterocycles. The number of dihydropyridines is 1. The van der Waals surface area contributed by atoms with Gasteiger partial charge in [-0.2, -0.15) is 11.8 Å². The molecule has 1 unspecified atom stereocenters. The lowest BCUT2D eigenvalue weighted by molar-refractivity contribution is 0.589. The molecule has 2 nitrogen and oxygen atoms in total. The molecule has 1 fully saturated rings. The van der Waals surface area contributed by atoms with Gasteiger partial charge in [-0.1, -0.05) is 12.2 Å². The average Bonchev–Trinajstić information content (AvgIpc) is 2.21. The molecule has 3 heteroatoms. The SMILES string of the molecule is [C]1=C(C2CSCCN2)NCC=C1. The van der Waals surface area contributed by atoms with Crippen molar-refractivity contribution in [3.05, 3.63) is 23.9 Å². The minimum atomic E-state index is 0.494. The lowest BCUT2D eigenvalue weighted by Crippen LogP contribution is -2.43. The Bertz CT molecular complexity index is 205. The van der Waals surface area contributed by atoms with Crippen molar-refractivity contribution in [1.82, 2.24) is 10.6 Å². The van der Waals surface area contributed by atoms with Crippen LogP contribution in [-0.4, -0.2) is 30.6 Å². The molecule has 1 saturated heterocycles. The lowest BCUT2D eigenvalue weighted by Gasteiger charge is -2.26. The average molecular weight is 181 g/mol. The van der Waals surface area contributed by atoms with Crippen molar-refractivity contribution in [2.24, 2.45) is 0 Å². The molecule has 0 bridgehead atoms. The number of hydrogen-bond donors (Lipinski definition) is 2. The van der Waals surface area contributed by atoms with Gasteiger partial charge in [0.05, 0.1) is 6.04 Å².